The second kappa shape index (κ2) is 6.51. The fourth-order valence-electron chi connectivity index (χ4n) is 2.68. The third-order valence-electron chi connectivity index (χ3n) is 3.86. The van der Waals surface area contributed by atoms with Crippen LogP contribution < -0.4 is 0 Å². The molecule has 120 valence electrons. The van der Waals surface area contributed by atoms with Crippen LogP contribution >= 0.6 is 0 Å². The number of likely N-dealkylation sites (tertiary alicyclic amines) is 1. The fourth-order valence-corrected chi connectivity index (χ4v) is 2.68. The molecule has 0 N–H and O–H groups in total. The van der Waals surface area contributed by atoms with E-state index in [0.29, 0.717) is 18.7 Å². The van der Waals surface area contributed by atoms with Crippen LogP contribution in [-0.4, -0.2) is 29.7 Å². The molecule has 0 bridgehead atoms. The molecule has 0 unspecified atom stereocenters. The Balaban J connectivity index is 1.96. The summed E-state index contributed by atoms with van der Waals surface area (Å²) in [6.07, 6.45) is 2.90. The molecule has 1 aliphatic rings. The Hall–Kier alpha value is -1.84. The summed E-state index contributed by atoms with van der Waals surface area (Å²) in [6, 6.07) is 5.30. The molecular weight excluding hydrogens is 281 g/mol. The molecule has 0 spiro atoms. The highest BCUT2D eigenvalue weighted by atomic mass is 19.1. The van der Waals surface area contributed by atoms with Crippen molar-refractivity contribution in [3.05, 3.63) is 41.7 Å². The Bertz CT molecular complexity index is 555. The molecule has 1 saturated heterocycles. The van der Waals surface area contributed by atoms with Crippen LogP contribution in [0.25, 0.3) is 6.08 Å². The van der Waals surface area contributed by atoms with Crippen LogP contribution in [-0.2, 0) is 4.74 Å². The number of carbonyl (C=O) groups excluding carboxylic acids is 1. The van der Waals surface area contributed by atoms with Gasteiger partial charge < -0.3 is 9.64 Å². The highest BCUT2D eigenvalue weighted by Crippen LogP contribution is 2.30. The second-order valence-electron chi connectivity index (χ2n) is 6.73. The Morgan fingerprint density at radius 3 is 2.50 bits per heavy atom. The highest BCUT2D eigenvalue weighted by Gasteiger charge is 2.27. The first-order chi connectivity index (χ1) is 10.3. The number of rotatable bonds is 2. The van der Waals surface area contributed by atoms with E-state index in [4.69, 9.17) is 4.74 Å². The zero-order chi connectivity index (χ0) is 16.3. The first-order valence-corrected chi connectivity index (χ1v) is 7.70. The lowest BCUT2D eigenvalue weighted by atomic mass is 9.89. The van der Waals surface area contributed by atoms with E-state index in [1.807, 2.05) is 26.8 Å². The Morgan fingerprint density at radius 2 is 2.00 bits per heavy atom. The van der Waals surface area contributed by atoms with Gasteiger partial charge in [0.05, 0.1) is 0 Å². The molecule has 1 amide bonds. The van der Waals surface area contributed by atoms with E-state index in [1.165, 1.54) is 6.08 Å². The van der Waals surface area contributed by atoms with E-state index >= 15 is 0 Å². The molecule has 0 saturated carbocycles. The quantitative estimate of drug-likeness (QED) is 0.800. The van der Waals surface area contributed by atoms with Crippen molar-refractivity contribution in [2.45, 2.75) is 45.1 Å². The van der Waals surface area contributed by atoms with Crippen molar-refractivity contribution in [2.24, 2.45) is 0 Å². The van der Waals surface area contributed by atoms with Gasteiger partial charge in [0.2, 0.25) is 0 Å². The van der Waals surface area contributed by atoms with Gasteiger partial charge in [-0.15, -0.1) is 0 Å². The number of benzene rings is 1. The van der Waals surface area contributed by atoms with Gasteiger partial charge in [-0.2, -0.15) is 0 Å². The van der Waals surface area contributed by atoms with E-state index in [-0.39, 0.29) is 17.8 Å². The zero-order valence-corrected chi connectivity index (χ0v) is 13.6. The Morgan fingerprint density at radius 1 is 1.36 bits per heavy atom. The molecule has 1 aromatic carbocycles. The summed E-state index contributed by atoms with van der Waals surface area (Å²) in [5, 5.41) is 0. The van der Waals surface area contributed by atoms with Gasteiger partial charge in [-0.3, -0.25) is 0 Å². The minimum Gasteiger partial charge on any atom is -0.444 e. The summed E-state index contributed by atoms with van der Waals surface area (Å²) in [5.74, 6) is 0.0501. The van der Waals surface area contributed by atoms with Crippen molar-refractivity contribution in [2.75, 3.05) is 13.1 Å². The van der Waals surface area contributed by atoms with Crippen LogP contribution in [0, 0.1) is 5.82 Å². The standard InChI is InChI=1S/C18H24FNO2/c1-5-13-6-7-15(12-16(13)19)14-8-10-20(11-9-14)17(21)22-18(2,3)4/h5-7,12,14H,1,8-11H2,2-4H3. The lowest BCUT2D eigenvalue weighted by molar-refractivity contribution is 0.0205. The summed E-state index contributed by atoms with van der Waals surface area (Å²) in [4.78, 5) is 13.8. The highest BCUT2D eigenvalue weighted by molar-refractivity contribution is 5.68. The monoisotopic (exact) mass is 305 g/mol. The lowest BCUT2D eigenvalue weighted by Crippen LogP contribution is -2.41. The number of ether oxygens (including phenoxy) is 1. The van der Waals surface area contributed by atoms with Crippen LogP contribution in [0.3, 0.4) is 0 Å². The number of amides is 1. The summed E-state index contributed by atoms with van der Waals surface area (Å²) in [6.45, 7) is 10.5. The number of piperidine rings is 1. The molecule has 0 aromatic heterocycles. The summed E-state index contributed by atoms with van der Waals surface area (Å²) in [7, 11) is 0. The topological polar surface area (TPSA) is 29.5 Å². The van der Waals surface area contributed by atoms with Crippen molar-refractivity contribution in [3.8, 4) is 0 Å². The first kappa shape index (κ1) is 16.5. The van der Waals surface area contributed by atoms with Gasteiger partial charge in [-0.25, -0.2) is 9.18 Å². The predicted octanol–water partition coefficient (Wildman–Crippen LogP) is 4.58. The normalized spacial score (nSPS) is 16.5. The van der Waals surface area contributed by atoms with E-state index in [9.17, 15) is 9.18 Å². The second-order valence-corrected chi connectivity index (χ2v) is 6.73. The van der Waals surface area contributed by atoms with Crippen molar-refractivity contribution in [1.29, 1.82) is 0 Å². The number of hydrogen-bond acceptors (Lipinski definition) is 2. The molecular formula is C18H24FNO2. The van der Waals surface area contributed by atoms with Crippen LogP contribution in [0.2, 0.25) is 0 Å². The minimum atomic E-state index is -0.475. The maximum absolute atomic E-state index is 13.8. The van der Waals surface area contributed by atoms with Gasteiger partial charge in [0.1, 0.15) is 11.4 Å². The maximum atomic E-state index is 13.8. The maximum Gasteiger partial charge on any atom is 0.410 e. The summed E-state index contributed by atoms with van der Waals surface area (Å²) < 4.78 is 19.2. The Labute approximate surface area is 131 Å². The van der Waals surface area contributed by atoms with Gasteiger partial charge in [-0.05, 0) is 51.2 Å². The minimum absolute atomic E-state index is 0.234. The average molecular weight is 305 g/mol. The predicted molar refractivity (Wildman–Crippen MR) is 86.3 cm³/mol. The van der Waals surface area contributed by atoms with E-state index in [0.717, 1.165) is 18.4 Å². The molecule has 0 radical (unpaired) electrons. The van der Waals surface area contributed by atoms with Crippen molar-refractivity contribution >= 4 is 12.2 Å². The largest absolute Gasteiger partial charge is 0.444 e. The number of nitrogens with zero attached hydrogens (tertiary/aromatic N) is 1. The Kier molecular flexibility index (Phi) is 4.89. The molecule has 2 rings (SSSR count). The average Bonchev–Trinajstić information content (AvgIpc) is 2.45. The summed E-state index contributed by atoms with van der Waals surface area (Å²) in [5.41, 5.74) is 1.04. The van der Waals surface area contributed by atoms with Gasteiger partial charge in [0.25, 0.3) is 0 Å². The molecule has 0 atom stereocenters. The molecule has 1 heterocycles. The third kappa shape index (κ3) is 4.09. The number of halogens is 1. The van der Waals surface area contributed by atoms with E-state index in [2.05, 4.69) is 6.58 Å². The van der Waals surface area contributed by atoms with Gasteiger partial charge >= 0.3 is 6.09 Å². The molecule has 1 fully saturated rings. The van der Waals surface area contributed by atoms with Gasteiger partial charge in [-0.1, -0.05) is 24.8 Å². The zero-order valence-electron chi connectivity index (χ0n) is 13.6. The molecule has 4 heteroatoms. The first-order valence-electron chi connectivity index (χ1n) is 7.70. The van der Waals surface area contributed by atoms with Crippen LogP contribution in [0.15, 0.2) is 24.8 Å². The third-order valence-corrected chi connectivity index (χ3v) is 3.86. The molecule has 0 aliphatic carbocycles. The summed E-state index contributed by atoms with van der Waals surface area (Å²) >= 11 is 0. The lowest BCUT2D eigenvalue weighted by Gasteiger charge is -2.33. The molecule has 3 nitrogen and oxygen atoms in total. The van der Waals surface area contributed by atoms with Crippen LogP contribution in [0.1, 0.15) is 50.7 Å². The number of hydrogen-bond donors (Lipinski definition) is 0. The van der Waals surface area contributed by atoms with Gasteiger partial charge in [0.15, 0.2) is 0 Å². The van der Waals surface area contributed by atoms with E-state index in [1.54, 1.807) is 17.0 Å². The van der Waals surface area contributed by atoms with Crippen LogP contribution in [0.5, 0.6) is 0 Å². The number of carbonyl (C=O) groups is 1. The van der Waals surface area contributed by atoms with Crippen LogP contribution in [0.4, 0.5) is 9.18 Å². The van der Waals surface area contributed by atoms with Gasteiger partial charge in [0, 0.05) is 18.7 Å². The van der Waals surface area contributed by atoms with E-state index < -0.39 is 5.60 Å². The van der Waals surface area contributed by atoms with Crippen molar-refractivity contribution in [3.63, 3.8) is 0 Å². The fraction of sp³-hybridized carbons (Fsp3) is 0.500. The molecule has 1 aliphatic heterocycles. The molecule has 1 aromatic rings. The SMILES string of the molecule is C=Cc1ccc(C2CCN(C(=O)OC(C)(C)C)CC2)cc1F. The smallest absolute Gasteiger partial charge is 0.410 e. The van der Waals surface area contributed by atoms with Crippen molar-refractivity contribution < 1.29 is 13.9 Å². The molecule has 22 heavy (non-hydrogen) atoms. The van der Waals surface area contributed by atoms with Crippen molar-refractivity contribution in [1.82, 2.24) is 4.90 Å².